The minimum atomic E-state index is -5.08. The van der Waals surface area contributed by atoms with Gasteiger partial charge in [0.15, 0.2) is 0 Å². The lowest BCUT2D eigenvalue weighted by Crippen LogP contribution is -2.40. The number of carbonyl (C=O) groups excluding carboxylic acids is 2. The molecule has 240 valence electrons. The number of ether oxygens (including phenoxy) is 1. The largest absolute Gasteiger partial charge is 0.490 e. The minimum absolute atomic E-state index is 0.0334. The predicted molar refractivity (Wildman–Crippen MR) is 159 cm³/mol. The van der Waals surface area contributed by atoms with Gasteiger partial charge in [-0.25, -0.2) is 4.79 Å². The van der Waals surface area contributed by atoms with E-state index in [0.29, 0.717) is 29.3 Å². The van der Waals surface area contributed by atoms with Gasteiger partial charge in [0.05, 0.1) is 24.2 Å². The fourth-order valence-corrected chi connectivity index (χ4v) is 4.52. The number of carboxylic acids is 2. The quantitative estimate of drug-likeness (QED) is 0.230. The molecule has 3 aromatic rings. The molecule has 0 aliphatic carbocycles. The van der Waals surface area contributed by atoms with Gasteiger partial charge >= 0.3 is 18.1 Å². The number of fused-ring (bicyclic) bond motifs is 1. The topological polar surface area (TPSA) is 150 Å². The summed E-state index contributed by atoms with van der Waals surface area (Å²) in [4.78, 5) is 50.0. The number of anilines is 1. The zero-order valence-corrected chi connectivity index (χ0v) is 24.3. The normalized spacial score (nSPS) is 13.0. The molecular weight excluding hydrogens is 595 g/mol. The molecule has 0 radical (unpaired) electrons. The van der Waals surface area contributed by atoms with Crippen LogP contribution in [0.4, 0.5) is 18.9 Å². The SMILES string of the molecule is NCCCCCc1ccc2c(c1)C(=O)N(CCC(=O)O)CC(=O)N2Cc1cccc(Oc2ccccc2)c1.O=C(O)C(F)(F)F. The molecule has 1 aliphatic rings. The molecule has 45 heavy (non-hydrogen) atoms. The molecule has 4 N–H and O–H groups in total. The van der Waals surface area contributed by atoms with Crippen molar-refractivity contribution in [3.63, 3.8) is 0 Å². The molecule has 0 saturated carbocycles. The second-order valence-electron chi connectivity index (χ2n) is 10.2. The number of nitrogens with two attached hydrogens (primary N) is 1. The molecule has 0 unspecified atom stereocenters. The predicted octanol–water partition coefficient (Wildman–Crippen LogP) is 5.25. The molecule has 3 aromatic carbocycles. The Hall–Kier alpha value is -4.91. The van der Waals surface area contributed by atoms with Gasteiger partial charge in [-0.05, 0) is 73.3 Å². The van der Waals surface area contributed by atoms with Crippen molar-refractivity contribution in [3.8, 4) is 11.5 Å². The molecule has 1 aliphatic heterocycles. The first-order valence-electron chi connectivity index (χ1n) is 14.2. The zero-order valence-electron chi connectivity index (χ0n) is 24.3. The Morgan fingerprint density at radius 2 is 1.56 bits per heavy atom. The minimum Gasteiger partial charge on any atom is -0.481 e. The second-order valence-corrected chi connectivity index (χ2v) is 10.2. The molecular formula is C32H34F3N3O7. The number of halogens is 3. The van der Waals surface area contributed by atoms with Crippen LogP contribution in [0, 0.1) is 0 Å². The van der Waals surface area contributed by atoms with Crippen molar-refractivity contribution in [3.05, 3.63) is 89.5 Å². The van der Waals surface area contributed by atoms with Gasteiger partial charge in [-0.3, -0.25) is 14.4 Å². The maximum absolute atomic E-state index is 13.5. The van der Waals surface area contributed by atoms with Gasteiger partial charge in [-0.2, -0.15) is 13.2 Å². The number of para-hydroxylation sites is 1. The molecule has 4 rings (SSSR count). The van der Waals surface area contributed by atoms with Gasteiger partial charge < -0.3 is 30.5 Å². The van der Waals surface area contributed by atoms with Gasteiger partial charge in [0.2, 0.25) is 5.91 Å². The Morgan fingerprint density at radius 3 is 2.20 bits per heavy atom. The van der Waals surface area contributed by atoms with Crippen LogP contribution in [0.2, 0.25) is 0 Å². The number of benzene rings is 3. The molecule has 0 atom stereocenters. The lowest BCUT2D eigenvalue weighted by atomic mass is 10.0. The summed E-state index contributed by atoms with van der Waals surface area (Å²) in [6.07, 6.45) is -1.63. The summed E-state index contributed by atoms with van der Waals surface area (Å²) >= 11 is 0. The third kappa shape index (κ3) is 10.6. The van der Waals surface area contributed by atoms with E-state index in [-0.39, 0.29) is 37.9 Å². The Labute approximate surface area is 257 Å². The van der Waals surface area contributed by atoms with Crippen molar-refractivity contribution in [2.24, 2.45) is 5.73 Å². The zero-order chi connectivity index (χ0) is 33.0. The van der Waals surface area contributed by atoms with Crippen molar-refractivity contribution in [2.75, 3.05) is 24.5 Å². The monoisotopic (exact) mass is 629 g/mol. The summed E-state index contributed by atoms with van der Waals surface area (Å²) in [6.45, 7) is 0.671. The van der Waals surface area contributed by atoms with Crippen molar-refractivity contribution >= 4 is 29.4 Å². The number of hydrogen-bond donors (Lipinski definition) is 3. The summed E-state index contributed by atoms with van der Waals surface area (Å²) in [5.41, 5.74) is 8.38. The third-order valence-electron chi connectivity index (χ3n) is 6.72. The molecule has 10 nitrogen and oxygen atoms in total. The summed E-state index contributed by atoms with van der Waals surface area (Å²) in [7, 11) is 0. The van der Waals surface area contributed by atoms with Crippen molar-refractivity contribution in [2.45, 2.75) is 44.8 Å². The fraction of sp³-hybridized carbons (Fsp3) is 0.312. The summed E-state index contributed by atoms with van der Waals surface area (Å²) in [5.74, 6) is -3.03. The van der Waals surface area contributed by atoms with Crippen LogP contribution in [0.25, 0.3) is 0 Å². The van der Waals surface area contributed by atoms with Crippen LogP contribution in [0.15, 0.2) is 72.8 Å². The number of unbranched alkanes of at least 4 members (excludes halogenated alkanes) is 2. The van der Waals surface area contributed by atoms with E-state index in [1.807, 2.05) is 72.8 Å². The number of hydrogen-bond acceptors (Lipinski definition) is 6. The molecule has 2 amide bonds. The summed E-state index contributed by atoms with van der Waals surface area (Å²) in [6, 6.07) is 22.6. The van der Waals surface area contributed by atoms with Crippen LogP contribution in [-0.2, 0) is 27.3 Å². The number of amides is 2. The number of aryl methyl sites for hydroxylation is 1. The second kappa shape index (κ2) is 16.2. The highest BCUT2D eigenvalue weighted by molar-refractivity contribution is 6.09. The first kappa shape index (κ1) is 34.6. The Morgan fingerprint density at radius 1 is 0.867 bits per heavy atom. The lowest BCUT2D eigenvalue weighted by Gasteiger charge is -2.23. The summed E-state index contributed by atoms with van der Waals surface area (Å²) in [5, 5.41) is 16.3. The van der Waals surface area contributed by atoms with Gasteiger partial charge in [0.1, 0.15) is 18.0 Å². The number of alkyl halides is 3. The van der Waals surface area contributed by atoms with Crippen LogP contribution < -0.4 is 15.4 Å². The van der Waals surface area contributed by atoms with Crippen LogP contribution in [0.1, 0.15) is 47.2 Å². The molecule has 13 heteroatoms. The Balaban J connectivity index is 0.000000707. The van der Waals surface area contributed by atoms with Gasteiger partial charge in [0.25, 0.3) is 5.91 Å². The third-order valence-corrected chi connectivity index (χ3v) is 6.72. The van der Waals surface area contributed by atoms with Crippen LogP contribution in [-0.4, -0.2) is 64.7 Å². The lowest BCUT2D eigenvalue weighted by molar-refractivity contribution is -0.192. The Kier molecular flexibility index (Phi) is 12.5. The smallest absolute Gasteiger partial charge is 0.481 e. The number of nitrogens with zero attached hydrogens (tertiary/aromatic N) is 2. The van der Waals surface area contributed by atoms with Crippen LogP contribution in [0.5, 0.6) is 11.5 Å². The van der Waals surface area contributed by atoms with Gasteiger partial charge in [-0.15, -0.1) is 0 Å². The number of aliphatic carboxylic acids is 2. The maximum atomic E-state index is 13.5. The maximum Gasteiger partial charge on any atom is 0.490 e. The van der Waals surface area contributed by atoms with Gasteiger partial charge in [0, 0.05) is 6.54 Å². The van der Waals surface area contributed by atoms with E-state index in [0.717, 1.165) is 36.8 Å². The van der Waals surface area contributed by atoms with Crippen LogP contribution in [0.3, 0.4) is 0 Å². The van der Waals surface area contributed by atoms with E-state index >= 15 is 0 Å². The molecule has 0 saturated heterocycles. The van der Waals surface area contributed by atoms with Crippen molar-refractivity contribution in [1.82, 2.24) is 4.90 Å². The van der Waals surface area contributed by atoms with E-state index in [4.69, 9.17) is 20.4 Å². The highest BCUT2D eigenvalue weighted by Crippen LogP contribution is 2.30. The van der Waals surface area contributed by atoms with Crippen molar-refractivity contribution < 1.29 is 47.3 Å². The van der Waals surface area contributed by atoms with E-state index < -0.39 is 18.1 Å². The highest BCUT2D eigenvalue weighted by Gasteiger charge is 2.38. The first-order chi connectivity index (χ1) is 21.4. The van der Waals surface area contributed by atoms with Gasteiger partial charge in [-0.1, -0.05) is 42.8 Å². The number of carbonyl (C=O) groups is 4. The van der Waals surface area contributed by atoms with E-state index in [1.54, 1.807) is 4.90 Å². The molecule has 0 spiro atoms. The number of carboxylic acid groups (broad SMARTS) is 2. The first-order valence-corrected chi connectivity index (χ1v) is 14.2. The van der Waals surface area contributed by atoms with E-state index in [2.05, 4.69) is 0 Å². The van der Waals surface area contributed by atoms with Crippen molar-refractivity contribution in [1.29, 1.82) is 0 Å². The molecule has 0 bridgehead atoms. The molecule has 0 aromatic heterocycles. The molecule has 1 heterocycles. The highest BCUT2D eigenvalue weighted by atomic mass is 19.4. The average molecular weight is 630 g/mol. The fourth-order valence-electron chi connectivity index (χ4n) is 4.52. The van der Waals surface area contributed by atoms with E-state index in [1.165, 1.54) is 4.90 Å². The van der Waals surface area contributed by atoms with E-state index in [9.17, 15) is 32.7 Å². The standard InChI is InChI=1S/C30H33N3O5.C2HF3O2/c31-16-6-2-3-8-22-13-14-27-26(19-22)30(37)32(17-15-29(35)36)21-28(34)33(27)20-23-9-7-12-25(18-23)38-24-10-4-1-5-11-24;3-2(4,5)1(6)7/h1,4-5,7,9-14,18-19H,2-3,6,8,15-17,20-21,31H2,(H,35,36);(H,6,7). The summed E-state index contributed by atoms with van der Waals surface area (Å²) < 4.78 is 37.7. The van der Waals surface area contributed by atoms with Crippen LogP contribution >= 0.6 is 0 Å². The average Bonchev–Trinajstić information content (AvgIpc) is 3.09. The number of rotatable bonds is 12. The Bertz CT molecular complexity index is 1480. The molecule has 0 fully saturated rings.